The Labute approximate surface area is 107 Å². The van der Waals surface area contributed by atoms with Crippen LogP contribution in [0.4, 0.5) is 0 Å². The van der Waals surface area contributed by atoms with Gasteiger partial charge < -0.3 is 5.32 Å². The maximum Gasteiger partial charge on any atom is 0.0795 e. The molecule has 1 atom stereocenters. The Morgan fingerprint density at radius 3 is 3.00 bits per heavy atom. The molecule has 94 valence electrons. The molecule has 0 spiro atoms. The van der Waals surface area contributed by atoms with Gasteiger partial charge in [0.05, 0.1) is 11.2 Å². The summed E-state index contributed by atoms with van der Waals surface area (Å²) in [4.78, 5) is 7.08. The van der Waals surface area contributed by atoms with Crippen molar-refractivity contribution < 1.29 is 0 Å². The maximum atomic E-state index is 4.42. The molecule has 3 rings (SSSR count). The predicted molar refractivity (Wildman–Crippen MR) is 71.1 cm³/mol. The van der Waals surface area contributed by atoms with Crippen LogP contribution < -0.4 is 5.32 Å². The van der Waals surface area contributed by atoms with Crippen LogP contribution in [0.3, 0.4) is 0 Å². The van der Waals surface area contributed by atoms with Crippen LogP contribution in [0.25, 0.3) is 0 Å². The lowest BCUT2D eigenvalue weighted by molar-refractivity contribution is 0.191. The number of hydrogen-bond acceptors (Lipinski definition) is 4. The minimum Gasteiger partial charge on any atom is -0.316 e. The Morgan fingerprint density at radius 1 is 1.41 bits per heavy atom. The van der Waals surface area contributed by atoms with Gasteiger partial charge >= 0.3 is 0 Å². The summed E-state index contributed by atoms with van der Waals surface area (Å²) >= 11 is 1.71. The molecule has 4 heteroatoms. The van der Waals surface area contributed by atoms with Gasteiger partial charge in [-0.3, -0.25) is 4.90 Å². The Hall–Kier alpha value is -0.450. The van der Waals surface area contributed by atoms with Gasteiger partial charge in [-0.15, -0.1) is 11.3 Å². The maximum absolute atomic E-state index is 4.42. The van der Waals surface area contributed by atoms with Gasteiger partial charge in [-0.1, -0.05) is 0 Å². The van der Waals surface area contributed by atoms with Crippen molar-refractivity contribution in [3.05, 3.63) is 16.6 Å². The molecule has 1 aliphatic carbocycles. The van der Waals surface area contributed by atoms with Crippen molar-refractivity contribution >= 4 is 11.3 Å². The smallest absolute Gasteiger partial charge is 0.0795 e. The van der Waals surface area contributed by atoms with E-state index in [2.05, 4.69) is 20.6 Å². The highest BCUT2D eigenvalue weighted by molar-refractivity contribution is 7.07. The molecule has 0 bridgehead atoms. The van der Waals surface area contributed by atoms with Crippen LogP contribution in [0, 0.1) is 5.92 Å². The zero-order valence-corrected chi connectivity index (χ0v) is 11.1. The molecular formula is C13H21N3S. The van der Waals surface area contributed by atoms with Crippen molar-refractivity contribution in [2.75, 3.05) is 19.6 Å². The zero-order chi connectivity index (χ0) is 11.5. The molecule has 3 nitrogen and oxygen atoms in total. The molecule has 2 heterocycles. The molecule has 2 aliphatic rings. The first-order valence-corrected chi connectivity index (χ1v) is 7.68. The van der Waals surface area contributed by atoms with Gasteiger partial charge in [0.1, 0.15) is 0 Å². The van der Waals surface area contributed by atoms with E-state index in [1.54, 1.807) is 11.3 Å². The molecule has 1 aromatic rings. The third-order valence-corrected chi connectivity index (χ3v) is 4.44. The Balaban J connectivity index is 1.56. The standard InChI is InChI=1S/C13H21N3S/c1-2-11(6-14-5-1)7-16(13-3-4-13)8-12-9-17-10-15-12/h9-11,13-14H,1-8H2. The molecule has 2 fully saturated rings. The van der Waals surface area contributed by atoms with Gasteiger partial charge in [0.25, 0.3) is 0 Å². The van der Waals surface area contributed by atoms with Gasteiger partial charge in [-0.25, -0.2) is 4.98 Å². The summed E-state index contributed by atoms with van der Waals surface area (Å²) in [6.45, 7) is 4.74. The van der Waals surface area contributed by atoms with Crippen LogP contribution in [-0.4, -0.2) is 35.6 Å². The van der Waals surface area contributed by atoms with E-state index < -0.39 is 0 Å². The lowest BCUT2D eigenvalue weighted by atomic mass is 9.99. The van der Waals surface area contributed by atoms with Crippen LogP contribution in [0.15, 0.2) is 10.9 Å². The van der Waals surface area contributed by atoms with E-state index in [0.29, 0.717) is 0 Å². The van der Waals surface area contributed by atoms with E-state index in [9.17, 15) is 0 Å². The summed E-state index contributed by atoms with van der Waals surface area (Å²) in [5.41, 5.74) is 3.20. The van der Waals surface area contributed by atoms with E-state index in [4.69, 9.17) is 0 Å². The highest BCUT2D eigenvalue weighted by atomic mass is 32.1. The molecule has 0 radical (unpaired) electrons. The molecule has 1 N–H and O–H groups in total. The van der Waals surface area contributed by atoms with E-state index in [1.807, 2.05) is 5.51 Å². The van der Waals surface area contributed by atoms with Crippen molar-refractivity contribution in [1.82, 2.24) is 15.2 Å². The number of thiazole rings is 1. The third-order valence-electron chi connectivity index (χ3n) is 3.80. The van der Waals surface area contributed by atoms with Crippen LogP contribution in [0.5, 0.6) is 0 Å². The van der Waals surface area contributed by atoms with Crippen molar-refractivity contribution in [2.45, 2.75) is 38.3 Å². The highest BCUT2D eigenvalue weighted by Crippen LogP contribution is 2.29. The van der Waals surface area contributed by atoms with Gasteiger partial charge in [0, 0.05) is 24.5 Å². The van der Waals surface area contributed by atoms with Crippen LogP contribution >= 0.6 is 11.3 Å². The second kappa shape index (κ2) is 5.46. The minimum absolute atomic E-state index is 0.846. The number of aromatic nitrogens is 1. The monoisotopic (exact) mass is 251 g/mol. The number of nitrogens with zero attached hydrogens (tertiary/aromatic N) is 2. The number of rotatable bonds is 5. The van der Waals surface area contributed by atoms with Crippen molar-refractivity contribution in [1.29, 1.82) is 0 Å². The van der Waals surface area contributed by atoms with E-state index >= 15 is 0 Å². The lowest BCUT2D eigenvalue weighted by Crippen LogP contribution is -2.39. The molecule has 1 aromatic heterocycles. The van der Waals surface area contributed by atoms with Gasteiger partial charge in [-0.2, -0.15) is 0 Å². The molecule has 1 aliphatic heterocycles. The van der Waals surface area contributed by atoms with Crippen LogP contribution in [0.2, 0.25) is 0 Å². The average Bonchev–Trinajstić information content (AvgIpc) is 3.09. The topological polar surface area (TPSA) is 28.2 Å². The zero-order valence-electron chi connectivity index (χ0n) is 10.3. The highest BCUT2D eigenvalue weighted by Gasteiger charge is 2.31. The molecule has 1 saturated carbocycles. The van der Waals surface area contributed by atoms with Gasteiger partial charge in [0.2, 0.25) is 0 Å². The molecular weight excluding hydrogens is 230 g/mol. The predicted octanol–water partition coefficient (Wildman–Crippen LogP) is 2.11. The van der Waals surface area contributed by atoms with Crippen molar-refractivity contribution in [3.63, 3.8) is 0 Å². The first-order valence-electron chi connectivity index (χ1n) is 6.73. The Kier molecular flexibility index (Phi) is 3.74. The van der Waals surface area contributed by atoms with E-state index in [1.165, 1.54) is 51.0 Å². The third kappa shape index (κ3) is 3.27. The molecule has 1 unspecified atom stereocenters. The summed E-state index contributed by atoms with van der Waals surface area (Å²) in [5, 5.41) is 5.71. The Bertz CT molecular complexity index is 328. The summed E-state index contributed by atoms with van der Waals surface area (Å²) in [6, 6.07) is 0.846. The molecule has 17 heavy (non-hydrogen) atoms. The summed E-state index contributed by atoms with van der Waals surface area (Å²) in [6.07, 6.45) is 5.53. The first kappa shape index (κ1) is 11.6. The quantitative estimate of drug-likeness (QED) is 0.869. The largest absolute Gasteiger partial charge is 0.316 e. The summed E-state index contributed by atoms with van der Waals surface area (Å²) in [7, 11) is 0. The van der Waals surface area contributed by atoms with Crippen molar-refractivity contribution in [2.24, 2.45) is 5.92 Å². The second-order valence-electron chi connectivity index (χ2n) is 5.35. The second-order valence-corrected chi connectivity index (χ2v) is 6.07. The fraction of sp³-hybridized carbons (Fsp3) is 0.769. The average molecular weight is 251 g/mol. The minimum atomic E-state index is 0.846. The molecule has 0 amide bonds. The van der Waals surface area contributed by atoms with Crippen LogP contribution in [0.1, 0.15) is 31.4 Å². The first-order chi connectivity index (χ1) is 8.42. The summed E-state index contributed by atoms with van der Waals surface area (Å²) in [5.74, 6) is 0.850. The normalized spacial score (nSPS) is 25.4. The van der Waals surface area contributed by atoms with Crippen molar-refractivity contribution in [3.8, 4) is 0 Å². The number of piperidine rings is 1. The summed E-state index contributed by atoms with van der Waals surface area (Å²) < 4.78 is 0. The molecule has 0 aromatic carbocycles. The van der Waals surface area contributed by atoms with Crippen LogP contribution in [-0.2, 0) is 6.54 Å². The SMILES string of the molecule is c1nc(CN(CC2CCCNC2)C2CC2)cs1. The molecule has 1 saturated heterocycles. The number of nitrogens with one attached hydrogen (secondary N) is 1. The van der Waals surface area contributed by atoms with E-state index in [0.717, 1.165) is 18.5 Å². The fourth-order valence-corrected chi connectivity index (χ4v) is 3.27. The van der Waals surface area contributed by atoms with Gasteiger partial charge in [0.15, 0.2) is 0 Å². The lowest BCUT2D eigenvalue weighted by Gasteiger charge is -2.29. The number of hydrogen-bond donors (Lipinski definition) is 1. The van der Waals surface area contributed by atoms with Gasteiger partial charge in [-0.05, 0) is 44.7 Å². The fourth-order valence-electron chi connectivity index (χ4n) is 2.72. The van der Waals surface area contributed by atoms with E-state index in [-0.39, 0.29) is 0 Å². The Morgan fingerprint density at radius 2 is 2.35 bits per heavy atom.